The Labute approximate surface area is 183 Å². The van der Waals surface area contributed by atoms with Crippen LogP contribution < -0.4 is 20.7 Å². The summed E-state index contributed by atoms with van der Waals surface area (Å²) in [5.41, 5.74) is -1.09. The molecule has 0 aliphatic carbocycles. The quantitative estimate of drug-likeness (QED) is 0.571. The van der Waals surface area contributed by atoms with E-state index in [2.05, 4.69) is 15.3 Å². The third kappa shape index (κ3) is 5.28. The number of ether oxygens (including phenoxy) is 2. The van der Waals surface area contributed by atoms with Crippen molar-refractivity contribution in [2.45, 2.75) is 59.8 Å². The molecule has 32 heavy (non-hydrogen) atoms. The lowest BCUT2D eigenvalue weighted by Gasteiger charge is -2.44. The van der Waals surface area contributed by atoms with Gasteiger partial charge in [0, 0.05) is 34.6 Å². The van der Waals surface area contributed by atoms with Crippen LogP contribution in [-0.4, -0.2) is 64.4 Å². The third-order valence-electron chi connectivity index (χ3n) is 4.58. The number of hydrogen-bond donors (Lipinski definition) is 2. The van der Waals surface area contributed by atoms with Gasteiger partial charge in [-0.15, -0.1) is 0 Å². The normalized spacial score (nSPS) is 17.0. The van der Waals surface area contributed by atoms with E-state index in [9.17, 15) is 28.8 Å². The molecule has 1 aliphatic heterocycles. The van der Waals surface area contributed by atoms with Crippen molar-refractivity contribution in [3.8, 4) is 0 Å². The van der Waals surface area contributed by atoms with Crippen molar-refractivity contribution in [2.75, 3.05) is 21.7 Å². The molecule has 0 fully saturated rings. The highest BCUT2D eigenvalue weighted by molar-refractivity contribution is 6.02. The minimum Gasteiger partial charge on any atom is -0.459 e. The maximum Gasteiger partial charge on any atom is 0.303 e. The van der Waals surface area contributed by atoms with Crippen LogP contribution in [0.2, 0.25) is 0 Å². The number of H-pyrrole nitrogens is 1. The number of amides is 3. The summed E-state index contributed by atoms with van der Waals surface area (Å²) in [6.45, 7) is 7.16. The molecule has 3 amide bonds. The second kappa shape index (κ2) is 9.58. The van der Waals surface area contributed by atoms with Gasteiger partial charge < -0.3 is 9.47 Å². The first kappa shape index (κ1) is 24.5. The van der Waals surface area contributed by atoms with Crippen molar-refractivity contribution < 1.29 is 33.4 Å². The summed E-state index contributed by atoms with van der Waals surface area (Å²) < 4.78 is 10.5. The summed E-state index contributed by atoms with van der Waals surface area (Å²) >= 11 is 0. The van der Waals surface area contributed by atoms with Crippen molar-refractivity contribution in [1.82, 2.24) is 9.97 Å². The summed E-state index contributed by atoms with van der Waals surface area (Å²) in [4.78, 5) is 81.2. The van der Waals surface area contributed by atoms with Crippen LogP contribution in [0.25, 0.3) is 0 Å². The Morgan fingerprint density at radius 1 is 1.03 bits per heavy atom. The van der Waals surface area contributed by atoms with Gasteiger partial charge in [-0.05, 0) is 6.92 Å². The SMILES string of the molecule is CC(=O)Nc1nc2c(c(=O)[nH]1)N(C(C)=O)[C@@H]([C@@H](OC(C)=O)[C@H](C)OC(C)=O)CN2C(C)=O. The van der Waals surface area contributed by atoms with Gasteiger partial charge >= 0.3 is 11.9 Å². The second-order valence-electron chi connectivity index (χ2n) is 7.24. The Hall–Kier alpha value is -3.77. The number of esters is 2. The molecule has 2 N–H and O–H groups in total. The van der Waals surface area contributed by atoms with Crippen LogP contribution in [0.5, 0.6) is 0 Å². The molecule has 0 unspecified atom stereocenters. The van der Waals surface area contributed by atoms with Gasteiger partial charge in [-0.1, -0.05) is 0 Å². The van der Waals surface area contributed by atoms with Gasteiger partial charge in [0.2, 0.25) is 23.7 Å². The molecule has 1 aromatic heterocycles. The molecule has 174 valence electrons. The second-order valence-corrected chi connectivity index (χ2v) is 7.24. The van der Waals surface area contributed by atoms with Gasteiger partial charge in [0.25, 0.3) is 5.56 Å². The molecule has 2 rings (SSSR count). The van der Waals surface area contributed by atoms with Gasteiger partial charge in [-0.2, -0.15) is 4.98 Å². The number of aromatic amines is 1. The van der Waals surface area contributed by atoms with Crippen LogP contribution >= 0.6 is 0 Å². The zero-order chi connectivity index (χ0) is 24.3. The van der Waals surface area contributed by atoms with E-state index in [4.69, 9.17) is 9.47 Å². The predicted octanol–water partition coefficient (Wildman–Crippen LogP) is -0.300. The molecule has 0 bridgehead atoms. The molecule has 1 aliphatic rings. The number of fused-ring (bicyclic) bond motifs is 1. The fourth-order valence-corrected chi connectivity index (χ4v) is 3.53. The van der Waals surface area contributed by atoms with E-state index >= 15 is 0 Å². The van der Waals surface area contributed by atoms with Gasteiger partial charge in [-0.3, -0.25) is 48.9 Å². The van der Waals surface area contributed by atoms with Crippen molar-refractivity contribution in [3.05, 3.63) is 10.4 Å². The summed E-state index contributed by atoms with van der Waals surface area (Å²) in [6.07, 6.45) is -2.21. The van der Waals surface area contributed by atoms with Gasteiger partial charge in [-0.25, -0.2) is 0 Å². The maximum atomic E-state index is 12.9. The van der Waals surface area contributed by atoms with E-state index in [-0.39, 0.29) is 24.0 Å². The van der Waals surface area contributed by atoms with E-state index < -0.39 is 53.5 Å². The summed E-state index contributed by atoms with van der Waals surface area (Å²) in [6, 6.07) is -1.07. The molecule has 3 atom stereocenters. The van der Waals surface area contributed by atoms with Crippen LogP contribution in [0.1, 0.15) is 41.5 Å². The number of anilines is 3. The molecule has 0 saturated heterocycles. The largest absolute Gasteiger partial charge is 0.459 e. The van der Waals surface area contributed by atoms with E-state index in [0.29, 0.717) is 0 Å². The summed E-state index contributed by atoms with van der Waals surface area (Å²) in [7, 11) is 0. The lowest BCUT2D eigenvalue weighted by molar-refractivity contribution is -0.165. The first-order valence-corrected chi connectivity index (χ1v) is 9.67. The lowest BCUT2D eigenvalue weighted by atomic mass is 10.00. The van der Waals surface area contributed by atoms with Crippen molar-refractivity contribution >= 4 is 47.1 Å². The van der Waals surface area contributed by atoms with Crippen molar-refractivity contribution in [2.24, 2.45) is 0 Å². The fourth-order valence-electron chi connectivity index (χ4n) is 3.53. The minimum atomic E-state index is -1.20. The fraction of sp³-hybridized carbons (Fsp3) is 0.526. The number of carbonyl (C=O) groups excluding carboxylic acids is 5. The highest BCUT2D eigenvalue weighted by Crippen LogP contribution is 2.34. The molecule has 13 nitrogen and oxygen atoms in total. The monoisotopic (exact) mass is 451 g/mol. The van der Waals surface area contributed by atoms with Crippen molar-refractivity contribution in [1.29, 1.82) is 0 Å². The Morgan fingerprint density at radius 3 is 2.09 bits per heavy atom. The Kier molecular flexibility index (Phi) is 7.33. The standard InChI is InChI=1S/C19H25N5O8/c1-8(31-12(5)28)16(32-13(6)29)14-7-23(10(3)26)17-15(24(14)11(4)27)18(30)22-19(21-17)20-9(2)25/h8,14,16H,7H2,1-6H3,(H2,20,21,22,25,30)/t8-,14+,16-/m0/s1. The molecule has 0 radical (unpaired) electrons. The molecule has 13 heteroatoms. The molecule has 2 heterocycles. The molecule has 1 aromatic rings. The van der Waals surface area contributed by atoms with Crippen LogP contribution in [-0.2, 0) is 33.4 Å². The van der Waals surface area contributed by atoms with Crippen molar-refractivity contribution in [3.63, 3.8) is 0 Å². The smallest absolute Gasteiger partial charge is 0.303 e. The Morgan fingerprint density at radius 2 is 1.62 bits per heavy atom. The first-order valence-electron chi connectivity index (χ1n) is 9.67. The number of carbonyl (C=O) groups is 5. The Balaban J connectivity index is 2.71. The van der Waals surface area contributed by atoms with Gasteiger partial charge in [0.05, 0.1) is 12.6 Å². The zero-order valence-electron chi connectivity index (χ0n) is 18.5. The van der Waals surface area contributed by atoms with Crippen LogP contribution in [0.3, 0.4) is 0 Å². The van der Waals surface area contributed by atoms with E-state index in [1.165, 1.54) is 34.6 Å². The number of nitrogens with zero attached hydrogens (tertiary/aromatic N) is 3. The lowest BCUT2D eigenvalue weighted by Crippen LogP contribution is -2.62. The average molecular weight is 451 g/mol. The minimum absolute atomic E-state index is 0.154. The number of aromatic nitrogens is 2. The van der Waals surface area contributed by atoms with E-state index in [0.717, 1.165) is 16.7 Å². The molecule has 0 spiro atoms. The van der Waals surface area contributed by atoms with E-state index in [1.807, 2.05) is 0 Å². The van der Waals surface area contributed by atoms with Crippen LogP contribution in [0.15, 0.2) is 4.79 Å². The van der Waals surface area contributed by atoms with Gasteiger partial charge in [0.1, 0.15) is 6.10 Å². The van der Waals surface area contributed by atoms with Crippen LogP contribution in [0, 0.1) is 0 Å². The maximum absolute atomic E-state index is 12.9. The zero-order valence-corrected chi connectivity index (χ0v) is 18.5. The summed E-state index contributed by atoms with van der Waals surface area (Å²) in [5.74, 6) is -3.37. The summed E-state index contributed by atoms with van der Waals surface area (Å²) in [5, 5.41) is 2.33. The number of hydrogen-bond acceptors (Lipinski definition) is 9. The molecule has 0 saturated carbocycles. The van der Waals surface area contributed by atoms with Gasteiger partial charge in [0.15, 0.2) is 17.6 Å². The molecule has 0 aromatic carbocycles. The molecular weight excluding hydrogens is 426 g/mol. The average Bonchev–Trinajstić information content (AvgIpc) is 2.63. The third-order valence-corrected chi connectivity index (χ3v) is 4.58. The number of rotatable bonds is 5. The highest BCUT2D eigenvalue weighted by Gasteiger charge is 2.45. The van der Waals surface area contributed by atoms with Crippen LogP contribution in [0.4, 0.5) is 17.5 Å². The predicted molar refractivity (Wildman–Crippen MR) is 111 cm³/mol. The highest BCUT2D eigenvalue weighted by atomic mass is 16.6. The number of nitrogens with one attached hydrogen (secondary N) is 2. The Bertz CT molecular complexity index is 1020. The molecular formula is C19H25N5O8. The topological polar surface area (TPSA) is 168 Å². The van der Waals surface area contributed by atoms with E-state index in [1.54, 1.807) is 0 Å². The first-order chi connectivity index (χ1) is 14.8.